The normalized spacial score (nSPS) is 15.2. The van der Waals surface area contributed by atoms with Crippen molar-refractivity contribution in [2.45, 2.75) is 6.42 Å². The molecule has 120 valence electrons. The highest BCUT2D eigenvalue weighted by Crippen LogP contribution is 2.37. The highest BCUT2D eigenvalue weighted by Gasteiger charge is 2.40. The van der Waals surface area contributed by atoms with Crippen molar-refractivity contribution < 1.29 is 9.79 Å². The van der Waals surface area contributed by atoms with Gasteiger partial charge >= 0.3 is 0 Å². The van der Waals surface area contributed by atoms with E-state index in [2.05, 4.69) is 32.1 Å². The zero-order valence-corrected chi connectivity index (χ0v) is 13.4. The van der Waals surface area contributed by atoms with Crippen LogP contribution in [0.4, 0.5) is 0 Å². The molecule has 2 aliphatic rings. The maximum Gasteiger partial charge on any atom is 0.227 e. The monoisotopic (exact) mass is 327 g/mol. The van der Waals surface area contributed by atoms with Gasteiger partial charge < -0.3 is 15.0 Å². The van der Waals surface area contributed by atoms with Crippen LogP contribution in [0.25, 0.3) is 22.0 Å². The molecule has 25 heavy (non-hydrogen) atoms. The third-order valence-electron chi connectivity index (χ3n) is 5.37. The predicted octanol–water partition coefficient (Wildman–Crippen LogP) is 1.51. The summed E-state index contributed by atoms with van der Waals surface area (Å²) in [5.74, 6) is 0.0368. The van der Waals surface area contributed by atoms with Gasteiger partial charge in [-0.3, -0.25) is 4.79 Å². The summed E-state index contributed by atoms with van der Waals surface area (Å²) in [5.41, 5.74) is 8.93. The van der Waals surface area contributed by atoms with E-state index in [-0.39, 0.29) is 5.78 Å². The summed E-state index contributed by atoms with van der Waals surface area (Å²) in [6.45, 7) is 0.881. The Labute approximate surface area is 142 Å². The second-order valence-electron chi connectivity index (χ2n) is 6.65. The van der Waals surface area contributed by atoms with Gasteiger partial charge in [-0.2, -0.15) is 0 Å². The number of nitrogens with one attached hydrogen (secondary N) is 4. The predicted molar refractivity (Wildman–Crippen MR) is 95.1 cm³/mol. The molecule has 0 saturated heterocycles. The lowest BCUT2D eigenvalue weighted by atomic mass is 9.84. The van der Waals surface area contributed by atoms with Crippen molar-refractivity contribution >= 4 is 22.4 Å². The minimum atomic E-state index is 0.0368. The summed E-state index contributed by atoms with van der Waals surface area (Å²) in [5, 5.41) is 1.16. The van der Waals surface area contributed by atoms with Gasteiger partial charge in [0.05, 0.1) is 11.1 Å². The molecule has 6 rings (SSSR count). The first-order chi connectivity index (χ1) is 12.3. The van der Waals surface area contributed by atoms with Gasteiger partial charge in [-0.25, -0.2) is 4.99 Å². The van der Waals surface area contributed by atoms with Gasteiger partial charge in [0, 0.05) is 47.0 Å². The SMILES string of the molecule is O=C1c2[nH]cc3c2C(=[NH+]CC3)c2c(-c3c[nH]c4ccccc34)c[nH]c21. The van der Waals surface area contributed by atoms with Crippen LogP contribution >= 0.6 is 0 Å². The molecule has 4 N–H and O–H groups in total. The molecule has 0 amide bonds. The number of hydrogen-bond donors (Lipinski definition) is 4. The Hall–Kier alpha value is -3.34. The zero-order chi connectivity index (χ0) is 16.5. The van der Waals surface area contributed by atoms with E-state index < -0.39 is 0 Å². The minimum absolute atomic E-state index is 0.0368. The first kappa shape index (κ1) is 13.0. The van der Waals surface area contributed by atoms with E-state index >= 15 is 0 Å². The first-order valence-electron chi connectivity index (χ1n) is 8.47. The molecule has 5 heteroatoms. The van der Waals surface area contributed by atoms with Crippen molar-refractivity contribution in [3.05, 3.63) is 70.9 Å². The van der Waals surface area contributed by atoms with Crippen molar-refractivity contribution in [3.63, 3.8) is 0 Å². The van der Waals surface area contributed by atoms with Gasteiger partial charge in [0.25, 0.3) is 0 Å². The van der Waals surface area contributed by atoms with Gasteiger partial charge in [-0.05, 0) is 11.6 Å². The molecule has 0 bridgehead atoms. The molecule has 0 unspecified atom stereocenters. The van der Waals surface area contributed by atoms with E-state index in [1.807, 2.05) is 30.7 Å². The minimum Gasteiger partial charge on any atom is -0.361 e. The number of H-pyrrole nitrogens is 3. The molecule has 0 spiro atoms. The number of hydrogen-bond acceptors (Lipinski definition) is 1. The molecule has 0 atom stereocenters. The second kappa shape index (κ2) is 4.39. The molecule has 4 heterocycles. The van der Waals surface area contributed by atoms with Crippen molar-refractivity contribution in [1.82, 2.24) is 15.0 Å². The summed E-state index contributed by atoms with van der Waals surface area (Å²) in [7, 11) is 0. The first-order valence-corrected chi connectivity index (χ1v) is 8.47. The second-order valence-corrected chi connectivity index (χ2v) is 6.65. The van der Waals surface area contributed by atoms with Crippen LogP contribution in [0.5, 0.6) is 0 Å². The molecular weight excluding hydrogens is 312 g/mol. The van der Waals surface area contributed by atoms with Crippen LogP contribution in [-0.2, 0) is 6.42 Å². The van der Waals surface area contributed by atoms with Gasteiger partial charge in [-0.1, -0.05) is 18.2 Å². The summed E-state index contributed by atoms with van der Waals surface area (Å²) >= 11 is 0. The average molecular weight is 327 g/mol. The summed E-state index contributed by atoms with van der Waals surface area (Å²) in [6, 6.07) is 8.24. The molecule has 1 aliphatic heterocycles. The van der Waals surface area contributed by atoms with Gasteiger partial charge in [0.2, 0.25) is 11.5 Å². The maximum atomic E-state index is 12.9. The van der Waals surface area contributed by atoms with Crippen molar-refractivity contribution in [3.8, 4) is 11.1 Å². The number of carbonyl (C=O) groups excluding carboxylic acids is 1. The van der Waals surface area contributed by atoms with Crippen LogP contribution in [-0.4, -0.2) is 33.0 Å². The highest BCUT2D eigenvalue weighted by atomic mass is 16.1. The van der Waals surface area contributed by atoms with E-state index in [1.54, 1.807) is 0 Å². The Morgan fingerprint density at radius 1 is 0.880 bits per heavy atom. The van der Waals surface area contributed by atoms with Crippen LogP contribution < -0.4 is 4.99 Å². The topological polar surface area (TPSA) is 78.4 Å². The smallest absolute Gasteiger partial charge is 0.227 e. The lowest BCUT2D eigenvalue weighted by molar-refractivity contribution is -0.457. The molecule has 4 aromatic rings. The number of rotatable bonds is 1. The van der Waals surface area contributed by atoms with E-state index in [0.717, 1.165) is 51.8 Å². The standard InChI is InChI=1S/C20H14N4O/c25-20-18-15-10(7-23-18)5-6-21-17(15)16-13(9-24-19(16)20)12-8-22-14-4-2-1-3-11(12)14/h1-4,7-9,22-24H,5-6H2/p+1. The van der Waals surface area contributed by atoms with E-state index in [0.29, 0.717) is 11.4 Å². The van der Waals surface area contributed by atoms with Crippen LogP contribution in [0.2, 0.25) is 0 Å². The van der Waals surface area contributed by atoms with E-state index in [1.165, 1.54) is 5.56 Å². The van der Waals surface area contributed by atoms with Gasteiger partial charge in [-0.15, -0.1) is 0 Å². The number of fused-ring (bicyclic) bond motifs is 3. The number of para-hydroxylation sites is 1. The van der Waals surface area contributed by atoms with Crippen molar-refractivity contribution in [1.29, 1.82) is 0 Å². The fourth-order valence-electron chi connectivity index (χ4n) is 4.24. The lowest BCUT2D eigenvalue weighted by Crippen LogP contribution is -2.76. The number of benzene rings is 1. The third kappa shape index (κ3) is 1.53. The summed E-state index contributed by atoms with van der Waals surface area (Å²) in [6.07, 6.45) is 6.88. The molecule has 1 aromatic carbocycles. The Morgan fingerprint density at radius 3 is 2.64 bits per heavy atom. The van der Waals surface area contributed by atoms with E-state index in [4.69, 9.17) is 0 Å². The Morgan fingerprint density at radius 2 is 1.68 bits per heavy atom. The maximum absolute atomic E-state index is 12.9. The molecule has 0 saturated carbocycles. The quantitative estimate of drug-likeness (QED) is 0.370. The van der Waals surface area contributed by atoms with Crippen LogP contribution in [0.15, 0.2) is 42.9 Å². The molecule has 3 aromatic heterocycles. The molecule has 0 radical (unpaired) electrons. The highest BCUT2D eigenvalue weighted by molar-refractivity contribution is 6.30. The number of aromatic amines is 3. The number of ketones is 1. The summed E-state index contributed by atoms with van der Waals surface area (Å²) in [4.78, 5) is 26.2. The largest absolute Gasteiger partial charge is 0.361 e. The number of aromatic nitrogens is 3. The molecule has 1 aliphatic carbocycles. The Bertz CT molecular complexity index is 1220. The van der Waals surface area contributed by atoms with Crippen LogP contribution in [0.1, 0.15) is 32.9 Å². The van der Waals surface area contributed by atoms with Crippen LogP contribution in [0.3, 0.4) is 0 Å². The molecule has 0 fully saturated rings. The van der Waals surface area contributed by atoms with Crippen LogP contribution in [0, 0.1) is 0 Å². The Balaban J connectivity index is 1.67. The molecular formula is C20H15N4O+. The fourth-order valence-corrected chi connectivity index (χ4v) is 4.24. The Kier molecular flexibility index (Phi) is 2.28. The lowest BCUT2D eigenvalue weighted by Gasteiger charge is -2.16. The van der Waals surface area contributed by atoms with Gasteiger partial charge in [0.1, 0.15) is 17.9 Å². The summed E-state index contributed by atoms with van der Waals surface area (Å²) < 4.78 is 0. The number of carbonyl (C=O) groups is 1. The van der Waals surface area contributed by atoms with Crippen molar-refractivity contribution in [2.75, 3.05) is 6.54 Å². The molecule has 5 nitrogen and oxygen atoms in total. The van der Waals surface area contributed by atoms with Crippen molar-refractivity contribution in [2.24, 2.45) is 0 Å². The zero-order valence-electron chi connectivity index (χ0n) is 13.4. The fraction of sp³-hybridized carbons (Fsp3) is 0.100. The van der Waals surface area contributed by atoms with Gasteiger partial charge in [0.15, 0.2) is 0 Å². The third-order valence-corrected chi connectivity index (χ3v) is 5.37. The van der Waals surface area contributed by atoms with E-state index in [9.17, 15) is 4.79 Å². The average Bonchev–Trinajstić information content (AvgIpc) is 3.36.